The summed E-state index contributed by atoms with van der Waals surface area (Å²) in [5, 5.41) is 7.83. The molecule has 1 aliphatic rings. The third-order valence-corrected chi connectivity index (χ3v) is 3.24. The van der Waals surface area contributed by atoms with Crippen LogP contribution >= 0.6 is 0 Å². The van der Waals surface area contributed by atoms with Crippen LogP contribution in [0.15, 0.2) is 28.1 Å². The molecule has 21 heavy (non-hydrogen) atoms. The van der Waals surface area contributed by atoms with Gasteiger partial charge in [-0.3, -0.25) is 9.59 Å². The van der Waals surface area contributed by atoms with Crippen molar-refractivity contribution < 1.29 is 9.59 Å². The molecule has 2 heterocycles. The monoisotopic (exact) mass is 287 g/mol. The van der Waals surface area contributed by atoms with Crippen LogP contribution in [0.4, 0.5) is 5.69 Å². The Balaban J connectivity index is 1.81. The molecule has 2 aromatic rings. The van der Waals surface area contributed by atoms with E-state index in [9.17, 15) is 14.4 Å². The Hall–Kier alpha value is -2.90. The number of hydrazone groups is 1. The van der Waals surface area contributed by atoms with E-state index in [2.05, 4.69) is 20.4 Å². The van der Waals surface area contributed by atoms with Gasteiger partial charge in [0, 0.05) is 25.6 Å². The molecule has 0 aliphatic carbocycles. The highest BCUT2D eigenvalue weighted by atomic mass is 16.2. The van der Waals surface area contributed by atoms with Gasteiger partial charge in [0.25, 0.3) is 5.91 Å². The lowest BCUT2D eigenvalue weighted by Crippen LogP contribution is -2.34. The normalized spacial score (nSPS) is 15.2. The lowest BCUT2D eigenvalue weighted by molar-refractivity contribution is -0.130. The molecule has 108 valence electrons. The minimum atomic E-state index is -0.355. The number of fused-ring (bicyclic) bond motifs is 1. The number of nitrogens with zero attached hydrogens (tertiary/aromatic N) is 2. The number of imidazole rings is 1. The molecule has 0 fully saturated rings. The van der Waals surface area contributed by atoms with Gasteiger partial charge in [-0.25, -0.2) is 9.80 Å². The fraction of sp³-hybridized carbons (Fsp3) is 0.231. The molecule has 0 saturated heterocycles. The first-order valence-electron chi connectivity index (χ1n) is 6.40. The summed E-state index contributed by atoms with van der Waals surface area (Å²) in [6.07, 6.45) is 0.588. The summed E-state index contributed by atoms with van der Waals surface area (Å²) >= 11 is 0. The fourth-order valence-electron chi connectivity index (χ4n) is 2.15. The smallest absolute Gasteiger partial charge is 0.321 e. The van der Waals surface area contributed by atoms with Gasteiger partial charge in [0.15, 0.2) is 0 Å². The molecule has 2 amide bonds. The van der Waals surface area contributed by atoms with Crippen LogP contribution in [-0.2, 0) is 9.59 Å². The largest absolute Gasteiger partial charge is 0.323 e. The van der Waals surface area contributed by atoms with Crippen molar-refractivity contribution in [3.05, 3.63) is 28.7 Å². The van der Waals surface area contributed by atoms with Gasteiger partial charge >= 0.3 is 5.69 Å². The zero-order chi connectivity index (χ0) is 15.0. The van der Waals surface area contributed by atoms with Crippen LogP contribution < -0.4 is 11.0 Å². The molecular formula is C13H13N5O3. The Bertz CT molecular complexity index is 817. The molecule has 1 aromatic carbocycles. The Labute approximate surface area is 118 Å². The number of rotatable bonds is 2. The highest BCUT2D eigenvalue weighted by molar-refractivity contribution is 6.43. The number of amides is 2. The Morgan fingerprint density at radius 3 is 2.76 bits per heavy atom. The third kappa shape index (κ3) is 2.55. The number of anilines is 1. The quantitative estimate of drug-likeness (QED) is 0.743. The average molecular weight is 287 g/mol. The molecule has 1 aromatic heterocycles. The Kier molecular flexibility index (Phi) is 3.05. The van der Waals surface area contributed by atoms with E-state index >= 15 is 0 Å². The predicted molar refractivity (Wildman–Crippen MR) is 77.0 cm³/mol. The molecule has 3 rings (SSSR count). The van der Waals surface area contributed by atoms with Crippen LogP contribution in [-0.4, -0.2) is 39.6 Å². The van der Waals surface area contributed by atoms with Gasteiger partial charge in [-0.05, 0) is 18.2 Å². The SMILES string of the molecule is CN1N=C(C(=O)Nc2ccc3[nH]c(=O)[nH]c3c2)CCC1=O. The van der Waals surface area contributed by atoms with Crippen molar-refractivity contribution in [2.24, 2.45) is 5.10 Å². The van der Waals surface area contributed by atoms with Gasteiger partial charge in [0.1, 0.15) is 5.71 Å². The van der Waals surface area contributed by atoms with Gasteiger partial charge in [0.2, 0.25) is 5.91 Å². The standard InChI is InChI=1S/C13H13N5O3/c1-18-11(19)5-4-9(17-18)12(20)14-7-2-3-8-10(6-7)16-13(21)15-8/h2-3,6H,4-5H2,1H3,(H,14,20)(H2,15,16,21). The first-order valence-corrected chi connectivity index (χ1v) is 6.40. The van der Waals surface area contributed by atoms with Crippen molar-refractivity contribution >= 4 is 34.2 Å². The van der Waals surface area contributed by atoms with Gasteiger partial charge in [-0.2, -0.15) is 5.10 Å². The highest BCUT2D eigenvalue weighted by Gasteiger charge is 2.22. The highest BCUT2D eigenvalue weighted by Crippen LogP contribution is 2.15. The van der Waals surface area contributed by atoms with Gasteiger partial charge in [-0.15, -0.1) is 0 Å². The summed E-state index contributed by atoms with van der Waals surface area (Å²) in [4.78, 5) is 39.8. The van der Waals surface area contributed by atoms with Crippen molar-refractivity contribution in [1.82, 2.24) is 15.0 Å². The molecule has 8 heteroatoms. The van der Waals surface area contributed by atoms with E-state index in [1.54, 1.807) is 18.2 Å². The second kappa shape index (κ2) is 4.89. The topological polar surface area (TPSA) is 110 Å². The van der Waals surface area contributed by atoms with Crippen molar-refractivity contribution in [2.45, 2.75) is 12.8 Å². The van der Waals surface area contributed by atoms with Gasteiger partial charge in [0.05, 0.1) is 11.0 Å². The zero-order valence-corrected chi connectivity index (χ0v) is 11.3. The maximum absolute atomic E-state index is 12.1. The number of nitrogens with one attached hydrogen (secondary N) is 3. The number of aromatic nitrogens is 2. The third-order valence-electron chi connectivity index (χ3n) is 3.24. The van der Waals surface area contributed by atoms with Crippen LogP contribution in [0.5, 0.6) is 0 Å². The van der Waals surface area contributed by atoms with E-state index in [0.717, 1.165) is 0 Å². The molecule has 1 aliphatic heterocycles. The fourth-order valence-corrected chi connectivity index (χ4v) is 2.15. The molecule has 8 nitrogen and oxygen atoms in total. The van der Waals surface area contributed by atoms with Crippen LogP contribution in [0.1, 0.15) is 12.8 Å². The summed E-state index contributed by atoms with van der Waals surface area (Å²) in [5.74, 6) is -0.468. The van der Waals surface area contributed by atoms with Crippen molar-refractivity contribution in [2.75, 3.05) is 12.4 Å². The number of hydrogen-bond acceptors (Lipinski definition) is 4. The van der Waals surface area contributed by atoms with Crippen LogP contribution in [0.3, 0.4) is 0 Å². The van der Waals surface area contributed by atoms with Gasteiger partial charge in [-0.1, -0.05) is 0 Å². The molecular weight excluding hydrogens is 274 g/mol. The molecule has 0 bridgehead atoms. The number of aromatic amines is 2. The van der Waals surface area contributed by atoms with E-state index in [0.29, 0.717) is 28.9 Å². The molecule has 0 atom stereocenters. The summed E-state index contributed by atoms with van der Waals surface area (Å²) in [6.45, 7) is 0. The van der Waals surface area contributed by atoms with E-state index < -0.39 is 0 Å². The second-order valence-corrected chi connectivity index (χ2v) is 4.76. The minimum absolute atomic E-state index is 0.113. The predicted octanol–water partition coefficient (Wildman–Crippen LogP) is 0.403. The maximum atomic E-state index is 12.1. The Morgan fingerprint density at radius 1 is 1.24 bits per heavy atom. The summed E-state index contributed by atoms with van der Waals surface area (Å²) in [6, 6.07) is 5.03. The van der Waals surface area contributed by atoms with Crippen molar-refractivity contribution in [3.63, 3.8) is 0 Å². The lowest BCUT2D eigenvalue weighted by Gasteiger charge is -2.18. The number of hydrogen-bond donors (Lipinski definition) is 3. The summed E-state index contributed by atoms with van der Waals surface area (Å²) in [5.41, 5.74) is 1.82. The minimum Gasteiger partial charge on any atom is -0.321 e. The van der Waals surface area contributed by atoms with Crippen LogP contribution in [0.25, 0.3) is 11.0 Å². The number of benzene rings is 1. The molecule has 3 N–H and O–H groups in total. The lowest BCUT2D eigenvalue weighted by atomic mass is 10.1. The maximum Gasteiger partial charge on any atom is 0.323 e. The Morgan fingerprint density at radius 2 is 2.00 bits per heavy atom. The molecule has 0 unspecified atom stereocenters. The zero-order valence-electron chi connectivity index (χ0n) is 11.3. The number of H-pyrrole nitrogens is 2. The van der Waals surface area contributed by atoms with Crippen molar-refractivity contribution in [3.8, 4) is 0 Å². The van der Waals surface area contributed by atoms with Gasteiger partial charge < -0.3 is 15.3 Å². The molecule has 0 saturated carbocycles. The second-order valence-electron chi connectivity index (χ2n) is 4.76. The van der Waals surface area contributed by atoms with E-state index in [4.69, 9.17) is 0 Å². The summed E-state index contributed by atoms with van der Waals surface area (Å²) < 4.78 is 0. The van der Waals surface area contributed by atoms with Crippen LogP contribution in [0.2, 0.25) is 0 Å². The molecule has 0 radical (unpaired) electrons. The first kappa shape index (κ1) is 13.1. The number of carbonyl (C=O) groups excluding carboxylic acids is 2. The summed E-state index contributed by atoms with van der Waals surface area (Å²) in [7, 11) is 1.52. The van der Waals surface area contributed by atoms with Crippen LogP contribution in [0, 0.1) is 0 Å². The average Bonchev–Trinajstić information content (AvgIpc) is 2.81. The van der Waals surface area contributed by atoms with Crippen molar-refractivity contribution in [1.29, 1.82) is 0 Å². The van der Waals surface area contributed by atoms with E-state index in [1.807, 2.05) is 0 Å². The molecule has 0 spiro atoms. The van der Waals surface area contributed by atoms with E-state index in [-0.39, 0.29) is 23.9 Å². The first-order chi connectivity index (χ1) is 10.0. The van der Waals surface area contributed by atoms with E-state index in [1.165, 1.54) is 12.1 Å². The number of carbonyl (C=O) groups is 2.